The van der Waals surface area contributed by atoms with Crippen LogP contribution in [0.2, 0.25) is 0 Å². The van der Waals surface area contributed by atoms with E-state index in [0.29, 0.717) is 0 Å². The first-order chi connectivity index (χ1) is 5.07. The van der Waals surface area contributed by atoms with Crippen molar-refractivity contribution in [3.63, 3.8) is 0 Å². The summed E-state index contributed by atoms with van der Waals surface area (Å²) in [5.74, 6) is -1.92. The summed E-state index contributed by atoms with van der Waals surface area (Å²) in [4.78, 5) is 20.9. The van der Waals surface area contributed by atoms with E-state index in [1.807, 2.05) is 0 Å². The molecule has 0 aliphatic rings. The molecular formula is C7H10NaO4. The average molecular weight is 181 g/mol. The Hall–Kier alpha value is -0.320. The van der Waals surface area contributed by atoms with Crippen molar-refractivity contribution < 1.29 is 19.4 Å². The van der Waals surface area contributed by atoms with Crippen molar-refractivity contribution in [2.45, 2.75) is 13.8 Å². The van der Waals surface area contributed by atoms with Crippen LogP contribution < -0.4 is 0 Å². The molecule has 0 fully saturated rings. The zero-order chi connectivity index (χ0) is 8.85. The summed E-state index contributed by atoms with van der Waals surface area (Å²) in [6.45, 7) is 3.02. The molecule has 0 atom stereocenters. The van der Waals surface area contributed by atoms with Crippen LogP contribution in [0.5, 0.6) is 0 Å². The predicted octanol–water partition coefficient (Wildman–Crippen LogP) is 0.200. The van der Waals surface area contributed by atoms with Crippen LogP contribution in [0.4, 0.5) is 0 Å². The normalized spacial score (nSPS) is 10.0. The Labute approximate surface area is 92.9 Å². The SMILES string of the molecule is CCOC(=O)C(O)=CC(C)=O.[Na]. The Morgan fingerprint density at radius 2 is 2.00 bits per heavy atom. The molecule has 0 unspecified atom stereocenters. The number of aliphatic hydroxyl groups is 1. The first kappa shape index (κ1) is 14.2. The number of ether oxygens (including phenoxy) is 1. The smallest absolute Gasteiger partial charge is 0.373 e. The second kappa shape index (κ2) is 7.34. The van der Waals surface area contributed by atoms with Gasteiger partial charge < -0.3 is 9.84 Å². The minimum atomic E-state index is -0.872. The van der Waals surface area contributed by atoms with Crippen LogP contribution in [0.25, 0.3) is 0 Å². The Bertz CT molecular complexity index is 198. The minimum absolute atomic E-state index is 0. The number of allylic oxidation sites excluding steroid dienone is 1. The molecule has 0 spiro atoms. The third-order valence-electron chi connectivity index (χ3n) is 0.825. The molecule has 0 aliphatic heterocycles. The van der Waals surface area contributed by atoms with E-state index >= 15 is 0 Å². The van der Waals surface area contributed by atoms with Gasteiger partial charge in [-0.05, 0) is 13.8 Å². The number of ketones is 1. The molecule has 0 aliphatic carbocycles. The largest absolute Gasteiger partial charge is 0.502 e. The molecule has 4 nitrogen and oxygen atoms in total. The van der Waals surface area contributed by atoms with E-state index in [9.17, 15) is 9.59 Å². The number of carbonyl (C=O) groups excluding carboxylic acids is 2. The monoisotopic (exact) mass is 181 g/mol. The number of esters is 1. The summed E-state index contributed by atoms with van der Waals surface area (Å²) < 4.78 is 4.40. The summed E-state index contributed by atoms with van der Waals surface area (Å²) >= 11 is 0. The van der Waals surface area contributed by atoms with Crippen molar-refractivity contribution in [3.05, 3.63) is 11.8 Å². The first-order valence-corrected chi connectivity index (χ1v) is 3.16. The van der Waals surface area contributed by atoms with Gasteiger partial charge in [-0.2, -0.15) is 0 Å². The van der Waals surface area contributed by atoms with Gasteiger partial charge in [0.2, 0.25) is 5.76 Å². The van der Waals surface area contributed by atoms with Crippen LogP contribution in [0, 0.1) is 0 Å². The van der Waals surface area contributed by atoms with Crippen LogP contribution in [0.3, 0.4) is 0 Å². The minimum Gasteiger partial charge on any atom is -0.502 e. The zero-order valence-electron chi connectivity index (χ0n) is 7.46. The van der Waals surface area contributed by atoms with Crippen molar-refractivity contribution >= 4 is 41.3 Å². The van der Waals surface area contributed by atoms with Crippen molar-refractivity contribution in [1.82, 2.24) is 0 Å². The standard InChI is InChI=1S/C7H10O4.Na/c1-3-11-7(10)6(9)4-5(2)8;/h4,9H,3H2,1-2H3;. The second-order valence-corrected chi connectivity index (χ2v) is 1.86. The molecule has 0 rings (SSSR count). The molecule has 0 bridgehead atoms. The van der Waals surface area contributed by atoms with Gasteiger partial charge in [-0.25, -0.2) is 4.79 Å². The van der Waals surface area contributed by atoms with Gasteiger partial charge in [0.25, 0.3) is 0 Å². The number of rotatable bonds is 3. The molecule has 12 heavy (non-hydrogen) atoms. The van der Waals surface area contributed by atoms with E-state index in [0.717, 1.165) is 6.08 Å². The van der Waals surface area contributed by atoms with Gasteiger partial charge >= 0.3 is 5.97 Å². The molecule has 0 amide bonds. The van der Waals surface area contributed by atoms with Crippen LogP contribution in [-0.4, -0.2) is 53.0 Å². The molecule has 1 N–H and O–H groups in total. The average Bonchev–Trinajstić information content (AvgIpc) is 1.86. The van der Waals surface area contributed by atoms with E-state index in [1.165, 1.54) is 6.92 Å². The molecule has 0 aromatic heterocycles. The summed E-state index contributed by atoms with van der Waals surface area (Å²) in [6.07, 6.45) is 0.817. The van der Waals surface area contributed by atoms with Gasteiger partial charge in [-0.1, -0.05) is 0 Å². The van der Waals surface area contributed by atoms with Gasteiger partial charge in [-0.15, -0.1) is 0 Å². The maximum absolute atomic E-state index is 10.6. The van der Waals surface area contributed by atoms with Gasteiger partial charge in [0.15, 0.2) is 5.78 Å². The quantitative estimate of drug-likeness (QED) is 0.292. The van der Waals surface area contributed by atoms with E-state index in [4.69, 9.17) is 5.11 Å². The molecule has 0 aromatic carbocycles. The van der Waals surface area contributed by atoms with E-state index in [1.54, 1.807) is 6.92 Å². The van der Waals surface area contributed by atoms with Crippen LogP contribution in [0.1, 0.15) is 13.8 Å². The maximum atomic E-state index is 10.6. The summed E-state index contributed by atoms with van der Waals surface area (Å²) in [5.41, 5.74) is 0. The van der Waals surface area contributed by atoms with E-state index in [-0.39, 0.29) is 36.2 Å². The van der Waals surface area contributed by atoms with Crippen LogP contribution >= 0.6 is 0 Å². The van der Waals surface area contributed by atoms with Gasteiger partial charge in [0, 0.05) is 35.6 Å². The summed E-state index contributed by atoms with van der Waals surface area (Å²) in [7, 11) is 0. The van der Waals surface area contributed by atoms with E-state index < -0.39 is 17.5 Å². The molecule has 1 radical (unpaired) electrons. The van der Waals surface area contributed by atoms with E-state index in [2.05, 4.69) is 4.74 Å². The molecule has 0 heterocycles. The Morgan fingerprint density at radius 3 is 2.33 bits per heavy atom. The first-order valence-electron chi connectivity index (χ1n) is 3.16. The number of aliphatic hydroxyl groups excluding tert-OH is 1. The summed E-state index contributed by atoms with van der Waals surface area (Å²) in [5, 5.41) is 8.78. The van der Waals surface area contributed by atoms with Crippen molar-refractivity contribution in [1.29, 1.82) is 0 Å². The fraction of sp³-hybridized carbons (Fsp3) is 0.429. The molecule has 0 saturated carbocycles. The van der Waals surface area contributed by atoms with Crippen molar-refractivity contribution in [2.75, 3.05) is 6.61 Å². The Kier molecular flexibility index (Phi) is 8.69. The molecular weight excluding hydrogens is 171 g/mol. The summed E-state index contributed by atoms with van der Waals surface area (Å²) in [6, 6.07) is 0. The Morgan fingerprint density at radius 1 is 1.50 bits per heavy atom. The van der Waals surface area contributed by atoms with Crippen molar-refractivity contribution in [2.24, 2.45) is 0 Å². The number of hydrogen-bond donors (Lipinski definition) is 1. The van der Waals surface area contributed by atoms with Gasteiger partial charge in [0.05, 0.1) is 6.61 Å². The molecule has 0 saturated heterocycles. The van der Waals surface area contributed by atoms with Crippen molar-refractivity contribution in [3.8, 4) is 0 Å². The molecule has 5 heteroatoms. The van der Waals surface area contributed by atoms with Gasteiger partial charge in [0.1, 0.15) is 0 Å². The maximum Gasteiger partial charge on any atom is 0.373 e. The number of carbonyl (C=O) groups is 2. The fourth-order valence-corrected chi connectivity index (χ4v) is 0.456. The van der Waals surface area contributed by atoms with Crippen LogP contribution in [0.15, 0.2) is 11.8 Å². The molecule has 0 aromatic rings. The third-order valence-corrected chi connectivity index (χ3v) is 0.825. The number of hydrogen-bond acceptors (Lipinski definition) is 4. The van der Waals surface area contributed by atoms with Crippen LogP contribution in [-0.2, 0) is 14.3 Å². The fourth-order valence-electron chi connectivity index (χ4n) is 0.456. The zero-order valence-corrected chi connectivity index (χ0v) is 9.46. The Balaban J connectivity index is 0. The topological polar surface area (TPSA) is 63.6 Å². The third kappa shape index (κ3) is 6.39. The molecule has 63 valence electrons. The van der Waals surface area contributed by atoms with Gasteiger partial charge in [-0.3, -0.25) is 4.79 Å². The second-order valence-electron chi connectivity index (χ2n) is 1.86. The predicted molar refractivity (Wildman–Crippen MR) is 43.8 cm³/mol.